The molecule has 1 aliphatic heterocycles. The van der Waals surface area contributed by atoms with Crippen LogP contribution in [0.2, 0.25) is 5.02 Å². The molecule has 1 atom stereocenters. The van der Waals surface area contributed by atoms with Crippen LogP contribution < -0.4 is 5.32 Å². The van der Waals surface area contributed by atoms with Crippen LogP contribution in [0.1, 0.15) is 22.8 Å². The number of halogens is 2. The van der Waals surface area contributed by atoms with Crippen LogP contribution in [0.5, 0.6) is 0 Å². The lowest BCUT2D eigenvalue weighted by atomic mass is 9.90. The van der Waals surface area contributed by atoms with Gasteiger partial charge in [-0.25, -0.2) is 4.39 Å². The predicted molar refractivity (Wildman–Crippen MR) is 70.8 cm³/mol. The van der Waals surface area contributed by atoms with E-state index in [-0.39, 0.29) is 24.1 Å². The molecule has 0 spiro atoms. The summed E-state index contributed by atoms with van der Waals surface area (Å²) in [6.45, 7) is 0. The molecule has 18 heavy (non-hydrogen) atoms. The van der Waals surface area contributed by atoms with E-state index in [0.717, 1.165) is 10.6 Å². The maximum Gasteiger partial charge on any atom is 0.225 e. The van der Waals surface area contributed by atoms with E-state index in [1.165, 1.54) is 17.4 Å². The van der Waals surface area contributed by atoms with Gasteiger partial charge in [0.15, 0.2) is 0 Å². The molecule has 0 saturated carbocycles. The van der Waals surface area contributed by atoms with Crippen LogP contribution in [0.3, 0.4) is 0 Å². The van der Waals surface area contributed by atoms with Crippen molar-refractivity contribution in [3.8, 4) is 0 Å². The Labute approximate surface area is 112 Å². The molecule has 1 aromatic heterocycles. The number of amides is 1. The fraction of sp³-hybridized carbons (Fsp3) is 0.154. The van der Waals surface area contributed by atoms with Gasteiger partial charge in [-0.1, -0.05) is 17.7 Å². The molecule has 5 heteroatoms. The van der Waals surface area contributed by atoms with Crippen molar-refractivity contribution in [1.82, 2.24) is 0 Å². The summed E-state index contributed by atoms with van der Waals surface area (Å²) in [6.07, 6.45) is 0.230. The highest BCUT2D eigenvalue weighted by atomic mass is 35.5. The minimum atomic E-state index is -0.360. The van der Waals surface area contributed by atoms with Crippen LogP contribution in [0.25, 0.3) is 0 Å². The first kappa shape index (κ1) is 11.7. The standard InChI is InChI=1S/C13H9ClFNOS/c14-8-2-1-3-9(15)12(8)7-6-11(17)16-10-4-5-18-13(7)10/h1-5,7H,6H2,(H,16,17). The maximum atomic E-state index is 14.0. The number of nitrogens with one attached hydrogen (secondary N) is 1. The van der Waals surface area contributed by atoms with E-state index in [4.69, 9.17) is 11.6 Å². The summed E-state index contributed by atoms with van der Waals surface area (Å²) in [5, 5.41) is 5.04. The van der Waals surface area contributed by atoms with Gasteiger partial charge in [0, 0.05) is 27.8 Å². The lowest BCUT2D eigenvalue weighted by molar-refractivity contribution is -0.116. The Morgan fingerprint density at radius 3 is 3.00 bits per heavy atom. The van der Waals surface area contributed by atoms with E-state index < -0.39 is 0 Å². The van der Waals surface area contributed by atoms with Crippen LogP contribution >= 0.6 is 22.9 Å². The number of anilines is 1. The fourth-order valence-corrected chi connectivity index (χ4v) is 3.51. The van der Waals surface area contributed by atoms with Crippen molar-refractivity contribution in [2.24, 2.45) is 0 Å². The zero-order valence-corrected chi connectivity index (χ0v) is 10.8. The van der Waals surface area contributed by atoms with Crippen LogP contribution in [0.15, 0.2) is 29.6 Å². The molecule has 1 aliphatic rings. The van der Waals surface area contributed by atoms with Crippen molar-refractivity contribution in [2.75, 3.05) is 5.32 Å². The quantitative estimate of drug-likeness (QED) is 0.840. The highest BCUT2D eigenvalue weighted by molar-refractivity contribution is 7.10. The number of hydrogen-bond acceptors (Lipinski definition) is 2. The summed E-state index contributed by atoms with van der Waals surface area (Å²) in [4.78, 5) is 12.6. The van der Waals surface area contributed by atoms with Gasteiger partial charge in [0.1, 0.15) is 5.82 Å². The molecule has 2 nitrogen and oxygen atoms in total. The first-order valence-corrected chi connectivity index (χ1v) is 6.73. The maximum absolute atomic E-state index is 14.0. The van der Waals surface area contributed by atoms with Gasteiger partial charge in [-0.2, -0.15) is 0 Å². The second-order valence-electron chi connectivity index (χ2n) is 4.14. The number of hydrogen-bond donors (Lipinski definition) is 1. The Kier molecular flexibility index (Phi) is 2.84. The monoisotopic (exact) mass is 281 g/mol. The normalized spacial score (nSPS) is 18.3. The minimum Gasteiger partial charge on any atom is -0.325 e. The third kappa shape index (κ3) is 1.82. The van der Waals surface area contributed by atoms with Gasteiger partial charge in [0.25, 0.3) is 0 Å². The zero-order chi connectivity index (χ0) is 12.7. The fourth-order valence-electron chi connectivity index (χ4n) is 2.25. The van der Waals surface area contributed by atoms with E-state index in [2.05, 4.69) is 5.32 Å². The molecule has 1 unspecified atom stereocenters. The van der Waals surface area contributed by atoms with E-state index in [9.17, 15) is 9.18 Å². The molecule has 1 amide bonds. The van der Waals surface area contributed by atoms with Crippen LogP contribution in [0.4, 0.5) is 10.1 Å². The molecular formula is C13H9ClFNOS. The van der Waals surface area contributed by atoms with Gasteiger partial charge in [-0.3, -0.25) is 4.79 Å². The molecule has 2 aromatic rings. The van der Waals surface area contributed by atoms with Crippen molar-refractivity contribution in [2.45, 2.75) is 12.3 Å². The van der Waals surface area contributed by atoms with Crippen molar-refractivity contribution in [1.29, 1.82) is 0 Å². The van der Waals surface area contributed by atoms with E-state index in [1.54, 1.807) is 12.1 Å². The van der Waals surface area contributed by atoms with Gasteiger partial charge in [-0.15, -0.1) is 11.3 Å². The Morgan fingerprint density at radius 1 is 1.39 bits per heavy atom. The Balaban J connectivity index is 2.16. The Morgan fingerprint density at radius 2 is 2.22 bits per heavy atom. The molecule has 3 rings (SSSR count). The highest BCUT2D eigenvalue weighted by Gasteiger charge is 2.30. The van der Waals surface area contributed by atoms with Gasteiger partial charge >= 0.3 is 0 Å². The third-order valence-corrected chi connectivity index (χ3v) is 4.38. The molecule has 92 valence electrons. The molecule has 2 heterocycles. The van der Waals surface area contributed by atoms with Gasteiger partial charge in [0.2, 0.25) is 5.91 Å². The number of carbonyl (C=O) groups excluding carboxylic acids is 1. The highest BCUT2D eigenvalue weighted by Crippen LogP contribution is 2.43. The molecule has 0 bridgehead atoms. The average Bonchev–Trinajstić information content (AvgIpc) is 2.76. The molecule has 0 radical (unpaired) electrons. The van der Waals surface area contributed by atoms with Crippen molar-refractivity contribution in [3.05, 3.63) is 50.9 Å². The van der Waals surface area contributed by atoms with Crippen molar-refractivity contribution < 1.29 is 9.18 Å². The van der Waals surface area contributed by atoms with Crippen LogP contribution in [-0.2, 0) is 4.79 Å². The summed E-state index contributed by atoms with van der Waals surface area (Å²) in [5.74, 6) is -0.755. The lowest BCUT2D eigenvalue weighted by Gasteiger charge is -2.23. The predicted octanol–water partition coefficient (Wildman–Crippen LogP) is 4.01. The SMILES string of the molecule is O=C1CC(c2c(F)cccc2Cl)c2sccc2N1. The van der Waals surface area contributed by atoms with Gasteiger partial charge < -0.3 is 5.32 Å². The summed E-state index contributed by atoms with van der Waals surface area (Å²) >= 11 is 7.58. The van der Waals surface area contributed by atoms with E-state index in [0.29, 0.717) is 10.6 Å². The molecule has 0 fully saturated rings. The second kappa shape index (κ2) is 4.37. The number of thiophene rings is 1. The third-order valence-electron chi connectivity index (χ3n) is 3.02. The minimum absolute atomic E-state index is 0.106. The van der Waals surface area contributed by atoms with Gasteiger partial charge in [-0.05, 0) is 23.6 Å². The Bertz CT molecular complexity index is 605. The average molecular weight is 282 g/mol. The van der Waals surface area contributed by atoms with Crippen LogP contribution in [-0.4, -0.2) is 5.91 Å². The molecule has 1 aromatic carbocycles. The molecule has 0 aliphatic carbocycles. The lowest BCUT2D eigenvalue weighted by Crippen LogP contribution is -2.22. The van der Waals surface area contributed by atoms with E-state index >= 15 is 0 Å². The summed E-state index contributed by atoms with van der Waals surface area (Å²) in [7, 11) is 0. The first-order valence-electron chi connectivity index (χ1n) is 5.48. The molecular weight excluding hydrogens is 273 g/mol. The number of benzene rings is 1. The van der Waals surface area contributed by atoms with E-state index in [1.807, 2.05) is 11.4 Å². The summed E-state index contributed by atoms with van der Waals surface area (Å²) < 4.78 is 14.0. The molecule has 0 saturated heterocycles. The number of rotatable bonds is 1. The summed E-state index contributed by atoms with van der Waals surface area (Å²) in [6, 6.07) is 6.43. The number of carbonyl (C=O) groups is 1. The van der Waals surface area contributed by atoms with Crippen LogP contribution in [0, 0.1) is 5.82 Å². The van der Waals surface area contributed by atoms with Crippen molar-refractivity contribution in [3.63, 3.8) is 0 Å². The smallest absolute Gasteiger partial charge is 0.225 e. The van der Waals surface area contributed by atoms with Gasteiger partial charge in [0.05, 0.1) is 5.69 Å². The largest absolute Gasteiger partial charge is 0.325 e. The van der Waals surface area contributed by atoms with Crippen molar-refractivity contribution >= 4 is 34.5 Å². The zero-order valence-electron chi connectivity index (χ0n) is 9.24. The summed E-state index contributed by atoms with van der Waals surface area (Å²) in [5.41, 5.74) is 1.18. The molecule has 1 N–H and O–H groups in total. The Hall–Kier alpha value is -1.39. The first-order chi connectivity index (χ1) is 8.66. The second-order valence-corrected chi connectivity index (χ2v) is 5.49. The number of fused-ring (bicyclic) bond motifs is 1. The topological polar surface area (TPSA) is 29.1 Å².